The summed E-state index contributed by atoms with van der Waals surface area (Å²) in [6.45, 7) is 6.70. The highest BCUT2D eigenvalue weighted by atomic mass is 16.5. The molecule has 0 saturated carbocycles. The molecule has 1 aromatic rings. The number of unbranched alkanes of at least 4 members (excludes halogenated alkanes) is 1. The Balaban J connectivity index is 2.95. The Morgan fingerprint density at radius 3 is 2.25 bits per heavy atom. The van der Waals surface area contributed by atoms with E-state index in [1.54, 1.807) is 45.0 Å². The van der Waals surface area contributed by atoms with Crippen molar-refractivity contribution in [2.75, 3.05) is 6.54 Å². The zero-order valence-corrected chi connectivity index (χ0v) is 16.6. The van der Waals surface area contributed by atoms with Crippen LogP contribution in [0.15, 0.2) is 24.3 Å². The molecule has 1 aromatic carbocycles. The average molecular weight is 389 g/mol. The summed E-state index contributed by atoms with van der Waals surface area (Å²) in [5.74, 6) is 4.51. The van der Waals surface area contributed by atoms with Crippen LogP contribution in [0.4, 0.5) is 4.79 Å². The van der Waals surface area contributed by atoms with Crippen molar-refractivity contribution in [2.45, 2.75) is 52.1 Å². The quantitative estimate of drug-likeness (QED) is 0.338. The third-order valence-corrected chi connectivity index (χ3v) is 3.89. The van der Waals surface area contributed by atoms with Crippen LogP contribution in [0.3, 0.4) is 0 Å². The summed E-state index contributed by atoms with van der Waals surface area (Å²) < 4.78 is 0. The molecule has 0 aliphatic carbocycles. The fraction of sp³-hybridized carbons (Fsp3) is 0.450. The standard InChI is InChI=1S/C20H27N3O5/c1-5-6-7-8-14-9-11-15(12-10-14)17(24)21-16(18(25)22-28)13-23(19(26)27)20(2,3)4/h9-12,16,28H,5-6,13H2,1-4H3,(H,21,24)(H,22,25)(H,26,27). The minimum atomic E-state index is -1.27. The summed E-state index contributed by atoms with van der Waals surface area (Å²) in [5.41, 5.74) is 1.71. The van der Waals surface area contributed by atoms with Gasteiger partial charge in [-0.25, -0.2) is 10.3 Å². The van der Waals surface area contributed by atoms with Gasteiger partial charge in [-0.1, -0.05) is 18.8 Å². The van der Waals surface area contributed by atoms with E-state index in [1.165, 1.54) is 5.48 Å². The topological polar surface area (TPSA) is 119 Å². The first-order chi connectivity index (χ1) is 13.1. The molecular weight excluding hydrogens is 362 g/mol. The molecule has 0 aliphatic rings. The Bertz CT molecular complexity index is 757. The summed E-state index contributed by atoms with van der Waals surface area (Å²) >= 11 is 0. The molecule has 0 spiro atoms. The van der Waals surface area contributed by atoms with E-state index in [1.807, 2.05) is 6.92 Å². The second kappa shape index (κ2) is 10.3. The normalized spacial score (nSPS) is 11.6. The molecule has 3 amide bonds. The number of hydrogen-bond donors (Lipinski definition) is 4. The second-order valence-corrected chi connectivity index (χ2v) is 7.20. The highest BCUT2D eigenvalue weighted by molar-refractivity contribution is 5.97. The van der Waals surface area contributed by atoms with Crippen molar-refractivity contribution in [1.29, 1.82) is 0 Å². The van der Waals surface area contributed by atoms with Crippen molar-refractivity contribution >= 4 is 17.9 Å². The van der Waals surface area contributed by atoms with Gasteiger partial charge in [-0.3, -0.25) is 14.8 Å². The van der Waals surface area contributed by atoms with E-state index in [9.17, 15) is 19.5 Å². The van der Waals surface area contributed by atoms with Crippen LogP contribution in [0.5, 0.6) is 0 Å². The lowest BCUT2D eigenvalue weighted by atomic mass is 10.0. The van der Waals surface area contributed by atoms with Crippen LogP contribution < -0.4 is 10.8 Å². The Hall–Kier alpha value is -3.05. The predicted molar refractivity (Wildman–Crippen MR) is 104 cm³/mol. The molecular formula is C20H27N3O5. The maximum absolute atomic E-state index is 12.5. The van der Waals surface area contributed by atoms with E-state index in [-0.39, 0.29) is 12.1 Å². The molecule has 1 rings (SSSR count). The van der Waals surface area contributed by atoms with E-state index in [0.717, 1.165) is 23.3 Å². The van der Waals surface area contributed by atoms with Crippen LogP contribution in [-0.4, -0.2) is 51.2 Å². The molecule has 4 N–H and O–H groups in total. The van der Waals surface area contributed by atoms with Crippen molar-refractivity contribution in [1.82, 2.24) is 15.7 Å². The molecule has 0 saturated heterocycles. The first kappa shape index (κ1) is 23.0. The van der Waals surface area contributed by atoms with Crippen molar-refractivity contribution in [3.63, 3.8) is 0 Å². The van der Waals surface area contributed by atoms with Gasteiger partial charge < -0.3 is 15.3 Å². The lowest BCUT2D eigenvalue weighted by molar-refractivity contribution is -0.131. The lowest BCUT2D eigenvalue weighted by Gasteiger charge is -2.35. The van der Waals surface area contributed by atoms with Gasteiger partial charge in [0.05, 0.1) is 6.54 Å². The smallest absolute Gasteiger partial charge is 0.407 e. The Kier molecular flexibility index (Phi) is 8.48. The van der Waals surface area contributed by atoms with Gasteiger partial charge in [0.25, 0.3) is 11.8 Å². The first-order valence-corrected chi connectivity index (χ1v) is 8.94. The Labute approximate surface area is 164 Å². The number of carbonyl (C=O) groups is 3. The molecule has 1 unspecified atom stereocenters. The van der Waals surface area contributed by atoms with Crippen molar-refractivity contribution in [3.05, 3.63) is 35.4 Å². The number of carbonyl (C=O) groups excluding carboxylic acids is 2. The van der Waals surface area contributed by atoms with Gasteiger partial charge in [-0.2, -0.15) is 0 Å². The zero-order valence-electron chi connectivity index (χ0n) is 16.6. The lowest BCUT2D eigenvalue weighted by Crippen LogP contribution is -2.57. The Morgan fingerprint density at radius 2 is 1.79 bits per heavy atom. The van der Waals surface area contributed by atoms with Gasteiger partial charge in [0.2, 0.25) is 0 Å². The highest BCUT2D eigenvalue weighted by Gasteiger charge is 2.32. The largest absolute Gasteiger partial charge is 0.465 e. The molecule has 152 valence electrons. The van der Waals surface area contributed by atoms with Crippen LogP contribution in [-0.2, 0) is 4.79 Å². The minimum Gasteiger partial charge on any atom is -0.465 e. The molecule has 0 radical (unpaired) electrons. The molecule has 8 heteroatoms. The molecule has 8 nitrogen and oxygen atoms in total. The van der Waals surface area contributed by atoms with Gasteiger partial charge >= 0.3 is 6.09 Å². The number of carboxylic acid groups (broad SMARTS) is 1. The highest BCUT2D eigenvalue weighted by Crippen LogP contribution is 2.14. The van der Waals surface area contributed by atoms with Crippen LogP contribution in [0, 0.1) is 11.8 Å². The molecule has 0 heterocycles. The number of hydrogen-bond acceptors (Lipinski definition) is 4. The van der Waals surface area contributed by atoms with Gasteiger partial charge in [0, 0.05) is 23.1 Å². The Morgan fingerprint density at radius 1 is 1.18 bits per heavy atom. The van der Waals surface area contributed by atoms with Crippen LogP contribution in [0.1, 0.15) is 56.5 Å². The fourth-order valence-corrected chi connectivity index (χ4v) is 2.33. The first-order valence-electron chi connectivity index (χ1n) is 8.94. The number of amides is 3. The number of rotatable bonds is 6. The third-order valence-electron chi connectivity index (χ3n) is 3.89. The number of nitrogens with one attached hydrogen (secondary N) is 2. The van der Waals surface area contributed by atoms with Crippen molar-refractivity contribution < 1.29 is 24.7 Å². The van der Waals surface area contributed by atoms with Crippen LogP contribution in [0.25, 0.3) is 0 Å². The second-order valence-electron chi connectivity index (χ2n) is 7.20. The summed E-state index contributed by atoms with van der Waals surface area (Å²) in [6, 6.07) is 5.25. The summed E-state index contributed by atoms with van der Waals surface area (Å²) in [7, 11) is 0. The summed E-state index contributed by atoms with van der Waals surface area (Å²) in [4.78, 5) is 36.9. The van der Waals surface area contributed by atoms with Gasteiger partial charge in [-0.15, -0.1) is 0 Å². The maximum Gasteiger partial charge on any atom is 0.407 e. The maximum atomic E-state index is 12.5. The predicted octanol–water partition coefficient (Wildman–Crippen LogP) is 2.22. The van der Waals surface area contributed by atoms with E-state index in [2.05, 4.69) is 17.2 Å². The number of nitrogens with zero attached hydrogens (tertiary/aromatic N) is 1. The molecule has 1 atom stereocenters. The summed E-state index contributed by atoms with van der Waals surface area (Å²) in [5, 5.41) is 20.8. The zero-order chi connectivity index (χ0) is 21.3. The van der Waals surface area contributed by atoms with Gasteiger partial charge in [-0.05, 0) is 51.5 Å². The number of benzene rings is 1. The van der Waals surface area contributed by atoms with Gasteiger partial charge in [0.15, 0.2) is 0 Å². The number of hydroxylamine groups is 1. The van der Waals surface area contributed by atoms with Crippen molar-refractivity contribution in [2.24, 2.45) is 0 Å². The van der Waals surface area contributed by atoms with Crippen molar-refractivity contribution in [3.8, 4) is 11.8 Å². The minimum absolute atomic E-state index is 0.286. The van der Waals surface area contributed by atoms with E-state index >= 15 is 0 Å². The molecule has 28 heavy (non-hydrogen) atoms. The van der Waals surface area contributed by atoms with E-state index in [0.29, 0.717) is 0 Å². The van der Waals surface area contributed by atoms with Gasteiger partial charge in [0.1, 0.15) is 6.04 Å². The SMILES string of the molecule is CCCC#Cc1ccc(C(=O)NC(CN(C(=O)O)C(C)(C)C)C(=O)NO)cc1. The third kappa shape index (κ3) is 6.93. The monoisotopic (exact) mass is 389 g/mol. The van der Waals surface area contributed by atoms with Crippen LogP contribution >= 0.6 is 0 Å². The molecule has 0 aliphatic heterocycles. The van der Waals surface area contributed by atoms with E-state index in [4.69, 9.17) is 5.21 Å². The molecule has 0 bridgehead atoms. The average Bonchev–Trinajstić information content (AvgIpc) is 2.63. The van der Waals surface area contributed by atoms with Crippen LogP contribution in [0.2, 0.25) is 0 Å². The molecule has 0 aromatic heterocycles. The fourth-order valence-electron chi connectivity index (χ4n) is 2.33. The van der Waals surface area contributed by atoms with E-state index < -0.39 is 29.5 Å². The molecule has 0 fully saturated rings. The summed E-state index contributed by atoms with van der Waals surface area (Å²) in [6.07, 6.45) is 0.505.